The average Bonchev–Trinajstić information content (AvgIpc) is 3.23. The summed E-state index contributed by atoms with van der Waals surface area (Å²) < 4.78 is 5.39. The molecule has 2 heterocycles. The van der Waals surface area contributed by atoms with Crippen molar-refractivity contribution in [2.75, 3.05) is 19.6 Å². The Balaban J connectivity index is 1.50. The molecular weight excluding hydrogens is 280 g/mol. The van der Waals surface area contributed by atoms with Crippen LogP contribution < -0.4 is 5.32 Å². The number of nitrogens with zero attached hydrogens (tertiary/aromatic N) is 1. The van der Waals surface area contributed by atoms with Crippen LogP contribution in [-0.4, -0.2) is 36.3 Å². The lowest BCUT2D eigenvalue weighted by Crippen LogP contribution is -2.38. The van der Waals surface area contributed by atoms with E-state index in [4.69, 9.17) is 4.42 Å². The summed E-state index contributed by atoms with van der Waals surface area (Å²) >= 11 is 0. The summed E-state index contributed by atoms with van der Waals surface area (Å²) in [4.78, 5) is 25.9. The summed E-state index contributed by atoms with van der Waals surface area (Å²) in [5.41, 5.74) is 0.560. The first kappa shape index (κ1) is 14.4. The van der Waals surface area contributed by atoms with Gasteiger partial charge in [0.05, 0.1) is 12.8 Å². The molecule has 1 N–H and O–H groups in total. The number of hydrogen-bond donors (Lipinski definition) is 1. The lowest BCUT2D eigenvalue weighted by atomic mass is 10.1. The van der Waals surface area contributed by atoms with E-state index >= 15 is 0 Å². The third-order valence-electron chi connectivity index (χ3n) is 3.92. The quantitative estimate of drug-likeness (QED) is 0.939. The van der Waals surface area contributed by atoms with E-state index in [0.717, 1.165) is 12.2 Å². The molecule has 1 aromatic heterocycles. The number of benzene rings is 1. The van der Waals surface area contributed by atoms with Crippen molar-refractivity contribution < 1.29 is 14.0 Å². The normalized spacial score (nSPS) is 17.5. The fourth-order valence-electron chi connectivity index (χ4n) is 2.70. The van der Waals surface area contributed by atoms with Gasteiger partial charge in [-0.05, 0) is 30.7 Å². The fourth-order valence-corrected chi connectivity index (χ4v) is 2.70. The van der Waals surface area contributed by atoms with Gasteiger partial charge in [0.1, 0.15) is 5.76 Å². The van der Waals surface area contributed by atoms with Crippen molar-refractivity contribution in [2.45, 2.75) is 12.3 Å². The number of carbonyl (C=O) groups excluding carboxylic acids is 2. The Morgan fingerprint density at radius 2 is 2.00 bits per heavy atom. The number of rotatable bonds is 4. The van der Waals surface area contributed by atoms with E-state index in [0.29, 0.717) is 18.7 Å². The van der Waals surface area contributed by atoms with Crippen molar-refractivity contribution in [3.63, 3.8) is 0 Å². The molecule has 0 aliphatic carbocycles. The van der Waals surface area contributed by atoms with Crippen LogP contribution in [0.3, 0.4) is 0 Å². The first-order chi connectivity index (χ1) is 10.7. The Morgan fingerprint density at radius 1 is 1.18 bits per heavy atom. The van der Waals surface area contributed by atoms with Crippen molar-refractivity contribution in [3.05, 3.63) is 60.1 Å². The van der Waals surface area contributed by atoms with E-state index in [1.807, 2.05) is 18.2 Å². The largest absolute Gasteiger partial charge is 0.469 e. The van der Waals surface area contributed by atoms with Crippen LogP contribution in [0.25, 0.3) is 0 Å². The molecule has 0 saturated carbocycles. The van der Waals surface area contributed by atoms with E-state index in [1.165, 1.54) is 0 Å². The highest BCUT2D eigenvalue weighted by Gasteiger charge is 2.28. The van der Waals surface area contributed by atoms with Crippen molar-refractivity contribution in [1.29, 1.82) is 0 Å². The third kappa shape index (κ3) is 3.19. The second-order valence-corrected chi connectivity index (χ2v) is 5.39. The van der Waals surface area contributed by atoms with E-state index in [-0.39, 0.29) is 24.3 Å². The van der Waals surface area contributed by atoms with Crippen molar-refractivity contribution in [2.24, 2.45) is 0 Å². The molecule has 1 aliphatic rings. The minimum Gasteiger partial charge on any atom is -0.469 e. The summed E-state index contributed by atoms with van der Waals surface area (Å²) in [6.07, 6.45) is 2.55. The van der Waals surface area contributed by atoms with Crippen LogP contribution in [0.2, 0.25) is 0 Å². The first-order valence-corrected chi connectivity index (χ1v) is 7.38. The summed E-state index contributed by atoms with van der Waals surface area (Å²) in [5, 5.41) is 2.67. The zero-order valence-electron chi connectivity index (χ0n) is 12.2. The van der Waals surface area contributed by atoms with Gasteiger partial charge in [-0.15, -0.1) is 0 Å². The number of nitrogens with one attached hydrogen (secondary N) is 1. The molecule has 1 aromatic carbocycles. The van der Waals surface area contributed by atoms with E-state index in [2.05, 4.69) is 5.32 Å². The van der Waals surface area contributed by atoms with Gasteiger partial charge in [0.25, 0.3) is 5.91 Å². The average molecular weight is 298 g/mol. The summed E-state index contributed by atoms with van der Waals surface area (Å²) in [7, 11) is 0. The first-order valence-electron chi connectivity index (χ1n) is 7.38. The minimum absolute atomic E-state index is 0.0264. The highest BCUT2D eigenvalue weighted by molar-refractivity contribution is 5.96. The molecule has 5 heteroatoms. The second kappa shape index (κ2) is 6.47. The van der Waals surface area contributed by atoms with Crippen molar-refractivity contribution in [1.82, 2.24) is 10.2 Å². The minimum atomic E-state index is -0.226. The Bertz CT molecular complexity index is 637. The van der Waals surface area contributed by atoms with Crippen molar-refractivity contribution >= 4 is 11.8 Å². The van der Waals surface area contributed by atoms with Crippen LogP contribution >= 0.6 is 0 Å². The highest BCUT2D eigenvalue weighted by Crippen LogP contribution is 2.27. The molecule has 1 unspecified atom stereocenters. The van der Waals surface area contributed by atoms with Gasteiger partial charge >= 0.3 is 0 Å². The Hall–Kier alpha value is -2.56. The van der Waals surface area contributed by atoms with Crippen LogP contribution in [0.4, 0.5) is 0 Å². The molecular formula is C17H18N2O3. The molecule has 1 aliphatic heterocycles. The fraction of sp³-hybridized carbons (Fsp3) is 0.294. The molecule has 5 nitrogen and oxygen atoms in total. The molecule has 22 heavy (non-hydrogen) atoms. The Kier molecular flexibility index (Phi) is 4.23. The van der Waals surface area contributed by atoms with Gasteiger partial charge in [0.15, 0.2) is 0 Å². The SMILES string of the molecule is O=C(NCC(=O)N1CCC(c2ccco2)C1)c1ccccc1. The van der Waals surface area contributed by atoms with Crippen LogP contribution in [0, 0.1) is 0 Å². The zero-order chi connectivity index (χ0) is 15.4. The molecule has 0 spiro atoms. The molecule has 2 amide bonds. The van der Waals surface area contributed by atoms with Crippen LogP contribution in [0.15, 0.2) is 53.1 Å². The topological polar surface area (TPSA) is 62.6 Å². The summed E-state index contributed by atoms with van der Waals surface area (Å²) in [5.74, 6) is 0.890. The van der Waals surface area contributed by atoms with Gasteiger partial charge in [0.2, 0.25) is 5.91 Å². The number of carbonyl (C=O) groups is 2. The number of furan rings is 1. The van der Waals surface area contributed by atoms with E-state index in [9.17, 15) is 9.59 Å². The lowest BCUT2D eigenvalue weighted by molar-refractivity contribution is -0.129. The molecule has 0 radical (unpaired) electrons. The molecule has 3 rings (SSSR count). The molecule has 2 aromatic rings. The van der Waals surface area contributed by atoms with E-state index in [1.54, 1.807) is 35.4 Å². The number of amides is 2. The maximum atomic E-state index is 12.2. The smallest absolute Gasteiger partial charge is 0.251 e. The molecule has 1 atom stereocenters. The Labute approximate surface area is 128 Å². The maximum Gasteiger partial charge on any atom is 0.251 e. The highest BCUT2D eigenvalue weighted by atomic mass is 16.3. The number of hydrogen-bond acceptors (Lipinski definition) is 3. The molecule has 0 bridgehead atoms. The van der Waals surface area contributed by atoms with Crippen molar-refractivity contribution in [3.8, 4) is 0 Å². The lowest BCUT2D eigenvalue weighted by Gasteiger charge is -2.16. The van der Waals surface area contributed by atoms with Crippen LogP contribution in [0.1, 0.15) is 28.5 Å². The molecule has 114 valence electrons. The van der Waals surface area contributed by atoms with E-state index < -0.39 is 0 Å². The van der Waals surface area contributed by atoms with Gasteiger partial charge in [0, 0.05) is 24.6 Å². The predicted octanol–water partition coefficient (Wildman–Crippen LogP) is 2.03. The van der Waals surface area contributed by atoms with Gasteiger partial charge in [-0.25, -0.2) is 0 Å². The summed E-state index contributed by atoms with van der Waals surface area (Å²) in [6.45, 7) is 1.37. The summed E-state index contributed by atoms with van der Waals surface area (Å²) in [6, 6.07) is 12.7. The third-order valence-corrected chi connectivity index (χ3v) is 3.92. The molecule has 1 saturated heterocycles. The Morgan fingerprint density at radius 3 is 2.73 bits per heavy atom. The van der Waals surface area contributed by atoms with Gasteiger partial charge < -0.3 is 14.6 Å². The number of likely N-dealkylation sites (tertiary alicyclic amines) is 1. The maximum absolute atomic E-state index is 12.2. The monoisotopic (exact) mass is 298 g/mol. The standard InChI is InChI=1S/C17H18N2O3/c20-16(11-18-17(21)13-5-2-1-3-6-13)19-9-8-14(12-19)15-7-4-10-22-15/h1-7,10,14H,8-9,11-12H2,(H,18,21). The van der Waals surface area contributed by atoms with Gasteiger partial charge in [-0.3, -0.25) is 9.59 Å². The van der Waals surface area contributed by atoms with Crippen LogP contribution in [0.5, 0.6) is 0 Å². The van der Waals surface area contributed by atoms with Gasteiger partial charge in [-0.2, -0.15) is 0 Å². The zero-order valence-corrected chi connectivity index (χ0v) is 12.2. The second-order valence-electron chi connectivity index (χ2n) is 5.39. The van der Waals surface area contributed by atoms with Crippen LogP contribution in [-0.2, 0) is 4.79 Å². The van der Waals surface area contributed by atoms with Gasteiger partial charge in [-0.1, -0.05) is 18.2 Å². The molecule has 1 fully saturated rings. The predicted molar refractivity (Wildman–Crippen MR) is 81.4 cm³/mol.